The van der Waals surface area contributed by atoms with Gasteiger partial charge in [0.25, 0.3) is 0 Å². The summed E-state index contributed by atoms with van der Waals surface area (Å²) in [5, 5.41) is 9.41. The maximum absolute atomic E-state index is 12.1. The van der Waals surface area contributed by atoms with Crippen molar-refractivity contribution in [2.24, 2.45) is 5.92 Å². The van der Waals surface area contributed by atoms with Gasteiger partial charge in [-0.15, -0.1) is 0 Å². The van der Waals surface area contributed by atoms with Gasteiger partial charge in [0.1, 0.15) is 0 Å². The van der Waals surface area contributed by atoms with Crippen LogP contribution in [0, 0.1) is 5.92 Å². The van der Waals surface area contributed by atoms with Gasteiger partial charge in [-0.1, -0.05) is 24.3 Å². The van der Waals surface area contributed by atoms with E-state index in [1.807, 2.05) is 24.3 Å². The van der Waals surface area contributed by atoms with Gasteiger partial charge in [0, 0.05) is 12.5 Å². The number of hydrogen-bond donors (Lipinski definition) is 1. The van der Waals surface area contributed by atoms with E-state index in [9.17, 15) is 14.7 Å². The Hall–Kier alpha value is -1.84. The van der Waals surface area contributed by atoms with Crippen LogP contribution in [0.5, 0.6) is 0 Å². The first kappa shape index (κ1) is 11.3. The summed E-state index contributed by atoms with van der Waals surface area (Å²) in [7, 11) is 0. The molecule has 3 rings (SSSR count). The first-order valence-corrected chi connectivity index (χ1v) is 6.29. The lowest BCUT2D eigenvalue weighted by Gasteiger charge is -2.34. The van der Waals surface area contributed by atoms with Crippen molar-refractivity contribution >= 4 is 11.9 Å². The molecule has 94 valence electrons. The third-order valence-electron chi connectivity index (χ3n) is 3.73. The third-order valence-corrected chi connectivity index (χ3v) is 3.73. The normalized spacial score (nSPS) is 22.4. The molecule has 1 unspecified atom stereocenters. The Balaban J connectivity index is 1.98. The van der Waals surface area contributed by atoms with Gasteiger partial charge in [0.15, 0.2) is 6.04 Å². The average molecular weight is 245 g/mol. The summed E-state index contributed by atoms with van der Waals surface area (Å²) in [5.74, 6) is -0.856. The largest absolute Gasteiger partial charge is 0.479 e. The van der Waals surface area contributed by atoms with Crippen LogP contribution >= 0.6 is 0 Å². The van der Waals surface area contributed by atoms with Crippen molar-refractivity contribution in [3.8, 4) is 0 Å². The van der Waals surface area contributed by atoms with E-state index in [2.05, 4.69) is 0 Å². The summed E-state index contributed by atoms with van der Waals surface area (Å²) >= 11 is 0. The molecule has 0 saturated heterocycles. The van der Waals surface area contributed by atoms with Crippen LogP contribution in [0.2, 0.25) is 0 Å². The van der Waals surface area contributed by atoms with Gasteiger partial charge in [-0.3, -0.25) is 4.79 Å². The number of fused-ring (bicyclic) bond motifs is 1. The van der Waals surface area contributed by atoms with Gasteiger partial charge in [0.2, 0.25) is 5.91 Å². The van der Waals surface area contributed by atoms with Crippen molar-refractivity contribution < 1.29 is 14.7 Å². The lowest BCUT2D eigenvalue weighted by Crippen LogP contribution is -2.44. The number of hydrogen-bond acceptors (Lipinski definition) is 2. The lowest BCUT2D eigenvalue weighted by molar-refractivity contribution is -0.151. The average Bonchev–Trinajstić information content (AvgIpc) is 3.20. The van der Waals surface area contributed by atoms with E-state index in [-0.39, 0.29) is 11.8 Å². The summed E-state index contributed by atoms with van der Waals surface area (Å²) in [4.78, 5) is 25.2. The Morgan fingerprint density at radius 2 is 1.94 bits per heavy atom. The predicted octanol–water partition coefficient (Wildman–Crippen LogP) is 1.61. The zero-order valence-electron chi connectivity index (χ0n) is 10.0. The molecular formula is C14H15NO3. The monoisotopic (exact) mass is 245 g/mol. The maximum atomic E-state index is 12.1. The summed E-state index contributed by atoms with van der Waals surface area (Å²) < 4.78 is 0. The van der Waals surface area contributed by atoms with Gasteiger partial charge < -0.3 is 10.0 Å². The Kier molecular flexibility index (Phi) is 2.58. The van der Waals surface area contributed by atoms with Gasteiger partial charge >= 0.3 is 5.97 Å². The highest BCUT2D eigenvalue weighted by Gasteiger charge is 2.41. The van der Waals surface area contributed by atoms with Gasteiger partial charge in [-0.2, -0.15) is 0 Å². The number of amides is 1. The minimum absolute atomic E-state index is 0.0110. The molecule has 1 N–H and O–H groups in total. The van der Waals surface area contributed by atoms with E-state index < -0.39 is 12.0 Å². The molecule has 4 heteroatoms. The van der Waals surface area contributed by atoms with Crippen LogP contribution in [0.3, 0.4) is 0 Å². The summed E-state index contributed by atoms with van der Waals surface area (Å²) in [6.07, 6.45) is 2.56. The molecule has 0 aromatic heterocycles. The second-order valence-corrected chi connectivity index (χ2v) is 5.00. The fourth-order valence-electron chi connectivity index (χ4n) is 2.64. The Labute approximate surface area is 105 Å². The second kappa shape index (κ2) is 4.12. The van der Waals surface area contributed by atoms with Gasteiger partial charge in [-0.25, -0.2) is 4.79 Å². The molecule has 1 aliphatic heterocycles. The fourth-order valence-corrected chi connectivity index (χ4v) is 2.64. The molecule has 1 saturated carbocycles. The smallest absolute Gasteiger partial charge is 0.331 e. The fraction of sp³-hybridized carbons (Fsp3) is 0.429. The van der Waals surface area contributed by atoms with E-state index in [4.69, 9.17) is 0 Å². The quantitative estimate of drug-likeness (QED) is 0.861. The number of carbonyl (C=O) groups excluding carboxylic acids is 1. The number of carboxylic acid groups (broad SMARTS) is 1. The SMILES string of the molecule is O=C(O)C1c2ccccc2CCN1C(=O)C1CC1. The van der Waals surface area contributed by atoms with Crippen molar-refractivity contribution in [3.63, 3.8) is 0 Å². The molecule has 0 bridgehead atoms. The molecule has 18 heavy (non-hydrogen) atoms. The van der Waals surface area contributed by atoms with E-state index in [0.717, 1.165) is 30.4 Å². The number of carbonyl (C=O) groups is 2. The second-order valence-electron chi connectivity index (χ2n) is 5.00. The molecule has 4 nitrogen and oxygen atoms in total. The topological polar surface area (TPSA) is 57.6 Å². The Morgan fingerprint density at radius 1 is 1.22 bits per heavy atom. The van der Waals surface area contributed by atoms with Crippen molar-refractivity contribution in [1.82, 2.24) is 4.90 Å². The zero-order valence-corrected chi connectivity index (χ0v) is 10.0. The number of carboxylic acids is 1. The van der Waals surface area contributed by atoms with E-state index in [1.165, 1.54) is 0 Å². The number of benzene rings is 1. The molecular weight excluding hydrogens is 230 g/mol. The van der Waals surface area contributed by atoms with Crippen LogP contribution in [0.1, 0.15) is 30.0 Å². The first-order valence-electron chi connectivity index (χ1n) is 6.29. The van der Waals surface area contributed by atoms with Crippen LogP contribution in [0.4, 0.5) is 0 Å². The summed E-state index contributed by atoms with van der Waals surface area (Å²) in [5.41, 5.74) is 1.81. The predicted molar refractivity (Wildman–Crippen MR) is 65.0 cm³/mol. The molecule has 1 aromatic carbocycles. The summed E-state index contributed by atoms with van der Waals surface area (Å²) in [6, 6.07) is 6.71. The standard InChI is InChI=1S/C14H15NO3/c16-13(10-5-6-10)15-8-7-9-3-1-2-4-11(9)12(15)14(17)18/h1-4,10,12H,5-8H2,(H,17,18). The van der Waals surface area contributed by atoms with E-state index >= 15 is 0 Å². The Morgan fingerprint density at radius 3 is 2.61 bits per heavy atom. The highest BCUT2D eigenvalue weighted by molar-refractivity contribution is 5.88. The van der Waals surface area contributed by atoms with Crippen LogP contribution in [0.25, 0.3) is 0 Å². The number of aliphatic carboxylic acids is 1. The molecule has 1 aliphatic carbocycles. The third kappa shape index (κ3) is 1.78. The van der Waals surface area contributed by atoms with Crippen molar-refractivity contribution in [2.45, 2.75) is 25.3 Å². The first-order chi connectivity index (χ1) is 8.68. The van der Waals surface area contributed by atoms with E-state index in [0.29, 0.717) is 6.54 Å². The molecule has 0 spiro atoms. The molecule has 1 amide bonds. The van der Waals surface area contributed by atoms with E-state index in [1.54, 1.807) is 4.90 Å². The maximum Gasteiger partial charge on any atom is 0.331 e. The number of rotatable bonds is 2. The van der Waals surface area contributed by atoms with Crippen LogP contribution in [-0.4, -0.2) is 28.4 Å². The minimum atomic E-state index is -0.934. The van der Waals surface area contributed by atoms with Crippen molar-refractivity contribution in [1.29, 1.82) is 0 Å². The minimum Gasteiger partial charge on any atom is -0.479 e. The van der Waals surface area contributed by atoms with Crippen molar-refractivity contribution in [2.75, 3.05) is 6.54 Å². The van der Waals surface area contributed by atoms with Gasteiger partial charge in [0.05, 0.1) is 0 Å². The highest BCUT2D eigenvalue weighted by Crippen LogP contribution is 2.37. The Bertz CT molecular complexity index is 508. The van der Waals surface area contributed by atoms with Crippen LogP contribution in [0.15, 0.2) is 24.3 Å². The molecule has 0 radical (unpaired) electrons. The molecule has 1 fully saturated rings. The molecule has 1 aromatic rings. The van der Waals surface area contributed by atoms with Crippen molar-refractivity contribution in [3.05, 3.63) is 35.4 Å². The number of nitrogens with zero attached hydrogens (tertiary/aromatic N) is 1. The lowest BCUT2D eigenvalue weighted by atomic mass is 9.92. The molecule has 1 atom stereocenters. The molecule has 1 heterocycles. The van der Waals surface area contributed by atoms with Crippen LogP contribution in [-0.2, 0) is 16.0 Å². The summed E-state index contributed by atoms with van der Waals surface area (Å²) in [6.45, 7) is 0.517. The van der Waals surface area contributed by atoms with Crippen LogP contribution < -0.4 is 0 Å². The highest BCUT2D eigenvalue weighted by atomic mass is 16.4. The zero-order chi connectivity index (χ0) is 12.7. The molecule has 2 aliphatic rings. The van der Waals surface area contributed by atoms with Gasteiger partial charge in [-0.05, 0) is 30.4 Å².